The summed E-state index contributed by atoms with van der Waals surface area (Å²) in [4.78, 5) is 18.2. The van der Waals surface area contributed by atoms with E-state index in [-0.39, 0.29) is 40.6 Å². The van der Waals surface area contributed by atoms with Gasteiger partial charge >= 0.3 is 5.97 Å². The van der Waals surface area contributed by atoms with E-state index in [1.807, 2.05) is 27.7 Å². The Labute approximate surface area is 165 Å². The molecule has 1 N–H and O–H groups in total. The lowest BCUT2D eigenvalue weighted by atomic mass is 9.97. The smallest absolute Gasteiger partial charge is 0.309 e. The Morgan fingerprint density at radius 2 is 1.92 bits per heavy atom. The molecule has 0 aromatic heterocycles. The largest absolute Gasteiger partial charge is 0.466 e. The molecule has 6 nitrogen and oxygen atoms in total. The average Bonchev–Trinajstić information content (AvgIpc) is 2.51. The number of rotatable bonds is 5. The summed E-state index contributed by atoms with van der Waals surface area (Å²) >= 11 is 0. The Bertz CT molecular complexity index is 444. The van der Waals surface area contributed by atoms with E-state index in [2.05, 4.69) is 15.2 Å². The quantitative estimate of drug-likeness (QED) is 0.286. The number of esters is 1. The van der Waals surface area contributed by atoms with Gasteiger partial charge in [-0.05, 0) is 40.5 Å². The summed E-state index contributed by atoms with van der Waals surface area (Å²) in [5, 5.41) is 3.28. The van der Waals surface area contributed by atoms with Gasteiger partial charge in [-0.15, -0.1) is 24.0 Å². The minimum atomic E-state index is -0.872. The van der Waals surface area contributed by atoms with Crippen molar-refractivity contribution >= 4 is 46.7 Å². The van der Waals surface area contributed by atoms with Gasteiger partial charge in [0.05, 0.1) is 12.5 Å². The molecule has 1 fully saturated rings. The molecule has 1 unspecified atom stereocenters. The van der Waals surface area contributed by atoms with E-state index < -0.39 is 10.8 Å². The van der Waals surface area contributed by atoms with E-state index in [0.717, 1.165) is 31.9 Å². The lowest BCUT2D eigenvalue weighted by molar-refractivity contribution is -0.149. The molecule has 0 aromatic carbocycles. The van der Waals surface area contributed by atoms with Gasteiger partial charge in [-0.2, -0.15) is 0 Å². The van der Waals surface area contributed by atoms with Crippen molar-refractivity contribution < 1.29 is 13.7 Å². The Kier molecular flexibility index (Phi) is 11.1. The van der Waals surface area contributed by atoms with Crippen LogP contribution in [-0.2, 0) is 20.3 Å². The van der Waals surface area contributed by atoms with Crippen molar-refractivity contribution in [1.82, 2.24) is 10.2 Å². The minimum absolute atomic E-state index is 0. The van der Waals surface area contributed by atoms with Crippen LogP contribution in [-0.4, -0.2) is 64.8 Å². The van der Waals surface area contributed by atoms with E-state index in [9.17, 15) is 9.00 Å². The monoisotopic (exact) mass is 473 g/mol. The maximum absolute atomic E-state index is 12.1. The second-order valence-corrected chi connectivity index (χ2v) is 8.97. The standard InChI is InChI=1S/C16H31N3O3S.HI/c1-6-22-14(20)13-7-10-19(11-8-13)15(17-5)18-9-12-23(21)16(2,3)4;/h13H,6-12H2,1-5H3,(H,17,18);1H. The highest BCUT2D eigenvalue weighted by molar-refractivity contribution is 14.0. The first-order valence-corrected chi connectivity index (χ1v) is 9.62. The molecular weight excluding hydrogens is 441 g/mol. The molecule has 24 heavy (non-hydrogen) atoms. The van der Waals surface area contributed by atoms with Crippen LogP contribution in [0.5, 0.6) is 0 Å². The first-order chi connectivity index (χ1) is 10.8. The highest BCUT2D eigenvalue weighted by atomic mass is 127. The van der Waals surface area contributed by atoms with Gasteiger partial charge in [0.1, 0.15) is 0 Å². The molecule has 0 bridgehead atoms. The molecule has 1 rings (SSSR count). The third-order valence-electron chi connectivity index (χ3n) is 3.88. The Morgan fingerprint density at radius 3 is 2.38 bits per heavy atom. The van der Waals surface area contributed by atoms with Gasteiger partial charge in [-0.25, -0.2) is 0 Å². The highest BCUT2D eigenvalue weighted by Gasteiger charge is 2.27. The van der Waals surface area contributed by atoms with Crippen molar-refractivity contribution in [1.29, 1.82) is 0 Å². The van der Waals surface area contributed by atoms with Crippen LogP contribution in [0.15, 0.2) is 4.99 Å². The number of nitrogens with one attached hydrogen (secondary N) is 1. The van der Waals surface area contributed by atoms with E-state index in [1.54, 1.807) is 7.05 Å². The number of aliphatic imine (C=N–C) groups is 1. The number of ether oxygens (including phenoxy) is 1. The predicted molar refractivity (Wildman–Crippen MR) is 110 cm³/mol. The van der Waals surface area contributed by atoms with E-state index >= 15 is 0 Å². The van der Waals surface area contributed by atoms with E-state index in [1.165, 1.54) is 0 Å². The van der Waals surface area contributed by atoms with E-state index in [0.29, 0.717) is 18.9 Å². The van der Waals surface area contributed by atoms with Crippen molar-refractivity contribution in [2.75, 3.05) is 39.0 Å². The summed E-state index contributed by atoms with van der Waals surface area (Å²) in [5.74, 6) is 1.33. The topological polar surface area (TPSA) is 71.0 Å². The third-order valence-corrected chi connectivity index (χ3v) is 5.82. The molecule has 8 heteroatoms. The van der Waals surface area contributed by atoms with Crippen LogP contribution < -0.4 is 5.32 Å². The Balaban J connectivity index is 0.00000529. The molecule has 0 aromatic rings. The average molecular weight is 473 g/mol. The lowest BCUT2D eigenvalue weighted by Gasteiger charge is -2.33. The lowest BCUT2D eigenvalue weighted by Crippen LogP contribution is -2.47. The number of carbonyl (C=O) groups excluding carboxylic acids is 1. The van der Waals surface area contributed by atoms with Crippen LogP contribution in [0.25, 0.3) is 0 Å². The molecule has 0 saturated carbocycles. The van der Waals surface area contributed by atoms with Crippen LogP contribution in [0.2, 0.25) is 0 Å². The molecular formula is C16H32IN3O3S. The molecule has 0 aliphatic carbocycles. The van der Waals surface area contributed by atoms with Crippen molar-refractivity contribution in [3.05, 3.63) is 0 Å². The summed E-state index contributed by atoms with van der Waals surface area (Å²) < 4.78 is 17.0. The fourth-order valence-electron chi connectivity index (χ4n) is 2.48. The van der Waals surface area contributed by atoms with Crippen LogP contribution in [0, 0.1) is 5.92 Å². The number of guanidine groups is 1. The summed E-state index contributed by atoms with van der Waals surface area (Å²) in [7, 11) is 0.878. The molecule has 1 aliphatic heterocycles. The Morgan fingerprint density at radius 1 is 1.33 bits per heavy atom. The fourth-order valence-corrected chi connectivity index (χ4v) is 3.38. The maximum atomic E-state index is 12.1. The molecule has 142 valence electrons. The zero-order chi connectivity index (χ0) is 17.5. The van der Waals surface area contributed by atoms with Crippen LogP contribution in [0.1, 0.15) is 40.5 Å². The number of piperidine rings is 1. The third kappa shape index (κ3) is 7.67. The first-order valence-electron chi connectivity index (χ1n) is 8.30. The maximum Gasteiger partial charge on any atom is 0.309 e. The van der Waals surface area contributed by atoms with Gasteiger partial charge in [0.25, 0.3) is 0 Å². The second-order valence-electron chi connectivity index (χ2n) is 6.65. The number of likely N-dealkylation sites (tertiary alicyclic amines) is 1. The molecule has 0 spiro atoms. The summed E-state index contributed by atoms with van der Waals surface area (Å²) in [6.07, 6.45) is 1.57. The van der Waals surface area contributed by atoms with Gasteiger partial charge in [0.2, 0.25) is 0 Å². The summed E-state index contributed by atoms with van der Waals surface area (Å²) in [6, 6.07) is 0. The number of nitrogens with zero attached hydrogens (tertiary/aromatic N) is 2. The van der Waals surface area contributed by atoms with Crippen molar-refractivity contribution in [3.63, 3.8) is 0 Å². The molecule has 0 amide bonds. The molecule has 1 saturated heterocycles. The van der Waals surface area contributed by atoms with Crippen LogP contribution >= 0.6 is 24.0 Å². The van der Waals surface area contributed by atoms with Crippen molar-refractivity contribution in [2.24, 2.45) is 10.9 Å². The van der Waals surface area contributed by atoms with Gasteiger partial charge in [0, 0.05) is 48.0 Å². The fraction of sp³-hybridized carbons (Fsp3) is 0.875. The number of halogens is 1. The summed E-state index contributed by atoms with van der Waals surface area (Å²) in [6.45, 7) is 10.4. The highest BCUT2D eigenvalue weighted by Crippen LogP contribution is 2.18. The minimum Gasteiger partial charge on any atom is -0.466 e. The predicted octanol–water partition coefficient (Wildman–Crippen LogP) is 2.00. The van der Waals surface area contributed by atoms with Gasteiger partial charge in [-0.3, -0.25) is 14.0 Å². The second kappa shape index (κ2) is 11.3. The van der Waals surface area contributed by atoms with Gasteiger partial charge in [0.15, 0.2) is 5.96 Å². The van der Waals surface area contributed by atoms with Crippen molar-refractivity contribution in [3.8, 4) is 0 Å². The SMILES string of the molecule is CCOC(=O)C1CCN(C(=NC)NCCS(=O)C(C)(C)C)CC1.I. The van der Waals surface area contributed by atoms with Crippen molar-refractivity contribution in [2.45, 2.75) is 45.3 Å². The molecule has 1 atom stereocenters. The van der Waals surface area contributed by atoms with Gasteiger partial charge < -0.3 is 15.0 Å². The van der Waals surface area contributed by atoms with E-state index in [4.69, 9.17) is 4.74 Å². The zero-order valence-electron chi connectivity index (χ0n) is 15.5. The molecule has 0 radical (unpaired) electrons. The van der Waals surface area contributed by atoms with Gasteiger partial charge in [-0.1, -0.05) is 0 Å². The number of hydrogen-bond acceptors (Lipinski definition) is 4. The van der Waals surface area contributed by atoms with Crippen LogP contribution in [0.3, 0.4) is 0 Å². The van der Waals surface area contributed by atoms with Crippen LogP contribution in [0.4, 0.5) is 0 Å². The molecule has 1 heterocycles. The number of carbonyl (C=O) groups is 1. The summed E-state index contributed by atoms with van der Waals surface area (Å²) in [5.41, 5.74) is 0. The molecule has 1 aliphatic rings. The number of hydrogen-bond donors (Lipinski definition) is 1. The zero-order valence-corrected chi connectivity index (χ0v) is 18.6. The first kappa shape index (κ1) is 23.6. The normalized spacial score (nSPS) is 17.9. The Hall–Kier alpha value is -0.380.